The second kappa shape index (κ2) is 3.25. The number of fused-ring (bicyclic) bond motifs is 1. The predicted molar refractivity (Wildman–Crippen MR) is 51.4 cm³/mol. The summed E-state index contributed by atoms with van der Waals surface area (Å²) in [4.78, 5) is 11.4. The van der Waals surface area contributed by atoms with Crippen LogP contribution in [0.15, 0.2) is 30.9 Å². The van der Waals surface area contributed by atoms with Crippen LogP contribution >= 0.6 is 0 Å². The minimum Gasteiger partial charge on any atom is -0.345 e. The van der Waals surface area contributed by atoms with Gasteiger partial charge in [0.2, 0.25) is 0 Å². The molecule has 0 saturated heterocycles. The molecule has 1 aromatic rings. The third-order valence-corrected chi connectivity index (χ3v) is 2.34. The number of benzene rings is 1. The summed E-state index contributed by atoms with van der Waals surface area (Å²) in [5.74, 6) is -0.579. The molecule has 1 aliphatic heterocycles. The van der Waals surface area contributed by atoms with Gasteiger partial charge in [0, 0.05) is 5.56 Å². The van der Waals surface area contributed by atoms with Crippen molar-refractivity contribution in [2.75, 3.05) is 0 Å². The summed E-state index contributed by atoms with van der Waals surface area (Å²) in [7, 11) is 0. The molecule has 1 aromatic carbocycles. The Hall–Kier alpha value is -1.64. The van der Waals surface area contributed by atoms with Crippen LogP contribution in [0.5, 0.6) is 0 Å². The van der Waals surface area contributed by atoms with Crippen molar-refractivity contribution in [3.05, 3.63) is 47.8 Å². The highest BCUT2D eigenvalue weighted by Crippen LogP contribution is 2.28. The maximum atomic E-state index is 12.8. The average Bonchev–Trinajstić information content (AvgIpc) is 2.44. The summed E-state index contributed by atoms with van der Waals surface area (Å²) in [5.41, 5.74) is 1.30. The average molecular weight is 191 g/mol. The van der Waals surface area contributed by atoms with Gasteiger partial charge in [-0.3, -0.25) is 4.79 Å². The van der Waals surface area contributed by atoms with Gasteiger partial charge in [0.25, 0.3) is 5.91 Å². The highest BCUT2D eigenvalue weighted by Gasteiger charge is 2.27. The molecule has 1 N–H and O–H groups in total. The minimum absolute atomic E-state index is 0.0457. The van der Waals surface area contributed by atoms with Gasteiger partial charge in [0.1, 0.15) is 5.82 Å². The van der Waals surface area contributed by atoms with Gasteiger partial charge in [-0.2, -0.15) is 0 Å². The molecule has 2 nitrogen and oxygen atoms in total. The SMILES string of the molecule is C=CC[C@@H]1NC(=O)c2cc(F)ccc21. The summed E-state index contributed by atoms with van der Waals surface area (Å²) in [5, 5.41) is 2.77. The number of halogens is 1. The molecule has 0 aromatic heterocycles. The van der Waals surface area contributed by atoms with Crippen LogP contribution in [0.25, 0.3) is 0 Å². The number of amides is 1. The maximum absolute atomic E-state index is 12.8. The first-order valence-corrected chi connectivity index (χ1v) is 4.43. The second-order valence-electron chi connectivity index (χ2n) is 3.28. The second-order valence-corrected chi connectivity index (χ2v) is 3.28. The fraction of sp³-hybridized carbons (Fsp3) is 0.182. The van der Waals surface area contributed by atoms with E-state index in [0.717, 1.165) is 5.56 Å². The van der Waals surface area contributed by atoms with Gasteiger partial charge >= 0.3 is 0 Å². The molecule has 3 heteroatoms. The van der Waals surface area contributed by atoms with Gasteiger partial charge < -0.3 is 5.32 Å². The van der Waals surface area contributed by atoms with E-state index in [1.54, 1.807) is 12.1 Å². The van der Waals surface area contributed by atoms with Crippen LogP contribution in [0.2, 0.25) is 0 Å². The Morgan fingerprint density at radius 2 is 2.36 bits per heavy atom. The van der Waals surface area contributed by atoms with Gasteiger partial charge in [-0.05, 0) is 24.1 Å². The van der Waals surface area contributed by atoms with Crippen LogP contribution < -0.4 is 5.32 Å². The van der Waals surface area contributed by atoms with Crippen molar-refractivity contribution in [1.82, 2.24) is 5.32 Å². The molecule has 0 saturated carbocycles. The monoisotopic (exact) mass is 191 g/mol. The fourth-order valence-corrected chi connectivity index (χ4v) is 1.70. The first kappa shape index (κ1) is 8.94. The minimum atomic E-state index is -0.377. The Balaban J connectivity index is 2.44. The van der Waals surface area contributed by atoms with Crippen molar-refractivity contribution in [3.8, 4) is 0 Å². The van der Waals surface area contributed by atoms with Crippen molar-refractivity contribution >= 4 is 5.91 Å². The van der Waals surface area contributed by atoms with Crippen molar-refractivity contribution in [3.63, 3.8) is 0 Å². The van der Waals surface area contributed by atoms with Crippen LogP contribution in [0.4, 0.5) is 4.39 Å². The largest absolute Gasteiger partial charge is 0.345 e. The van der Waals surface area contributed by atoms with E-state index in [4.69, 9.17) is 0 Å². The Labute approximate surface area is 81.4 Å². The molecule has 14 heavy (non-hydrogen) atoms. The Bertz CT molecular complexity index is 400. The van der Waals surface area contributed by atoms with Gasteiger partial charge in [0.05, 0.1) is 6.04 Å². The molecule has 1 aliphatic rings. The molecule has 0 unspecified atom stereocenters. The van der Waals surface area contributed by atoms with E-state index in [0.29, 0.717) is 12.0 Å². The summed E-state index contributed by atoms with van der Waals surface area (Å²) < 4.78 is 12.8. The first-order valence-electron chi connectivity index (χ1n) is 4.43. The number of rotatable bonds is 2. The van der Waals surface area contributed by atoms with Crippen molar-refractivity contribution in [2.45, 2.75) is 12.5 Å². The van der Waals surface area contributed by atoms with E-state index < -0.39 is 0 Å². The normalized spacial score (nSPS) is 18.9. The summed E-state index contributed by atoms with van der Waals surface area (Å²) in [6.07, 6.45) is 2.41. The van der Waals surface area contributed by atoms with E-state index in [1.807, 2.05) is 0 Å². The molecule has 2 rings (SSSR count). The lowest BCUT2D eigenvalue weighted by Gasteiger charge is -2.07. The molecule has 1 atom stereocenters. The first-order chi connectivity index (χ1) is 6.72. The Morgan fingerprint density at radius 3 is 3.07 bits per heavy atom. The molecule has 1 heterocycles. The topological polar surface area (TPSA) is 29.1 Å². The van der Waals surface area contributed by atoms with Gasteiger partial charge in [-0.1, -0.05) is 12.1 Å². The van der Waals surface area contributed by atoms with E-state index >= 15 is 0 Å². The van der Waals surface area contributed by atoms with Crippen molar-refractivity contribution < 1.29 is 9.18 Å². The molecular weight excluding hydrogens is 181 g/mol. The lowest BCUT2D eigenvalue weighted by molar-refractivity contribution is 0.0956. The molecule has 0 bridgehead atoms. The number of hydrogen-bond acceptors (Lipinski definition) is 1. The molecule has 0 aliphatic carbocycles. The number of hydrogen-bond donors (Lipinski definition) is 1. The van der Waals surface area contributed by atoms with Gasteiger partial charge in [0.15, 0.2) is 0 Å². The lowest BCUT2D eigenvalue weighted by atomic mass is 10.0. The maximum Gasteiger partial charge on any atom is 0.252 e. The van der Waals surface area contributed by atoms with Crippen LogP contribution in [-0.2, 0) is 0 Å². The molecule has 72 valence electrons. The van der Waals surface area contributed by atoms with Crippen LogP contribution in [0.3, 0.4) is 0 Å². The Morgan fingerprint density at radius 1 is 1.57 bits per heavy atom. The zero-order valence-corrected chi connectivity index (χ0v) is 7.59. The van der Waals surface area contributed by atoms with Gasteiger partial charge in [-0.25, -0.2) is 4.39 Å². The standard InChI is InChI=1S/C11H10FNO/c1-2-3-10-8-5-4-7(12)6-9(8)11(14)13-10/h2,4-6,10H,1,3H2,(H,13,14)/t10-/m0/s1. The number of carbonyl (C=O) groups is 1. The van der Waals surface area contributed by atoms with E-state index in [9.17, 15) is 9.18 Å². The molecule has 0 spiro atoms. The third-order valence-electron chi connectivity index (χ3n) is 2.34. The highest BCUT2D eigenvalue weighted by molar-refractivity contribution is 5.99. The van der Waals surface area contributed by atoms with Crippen LogP contribution in [0, 0.1) is 5.82 Å². The molecular formula is C11H10FNO. The van der Waals surface area contributed by atoms with E-state index in [-0.39, 0.29) is 17.8 Å². The van der Waals surface area contributed by atoms with Crippen LogP contribution in [-0.4, -0.2) is 5.91 Å². The Kier molecular flexibility index (Phi) is 2.08. The highest BCUT2D eigenvalue weighted by atomic mass is 19.1. The lowest BCUT2D eigenvalue weighted by Crippen LogP contribution is -2.18. The van der Waals surface area contributed by atoms with Crippen LogP contribution in [0.1, 0.15) is 28.4 Å². The van der Waals surface area contributed by atoms with Crippen molar-refractivity contribution in [1.29, 1.82) is 0 Å². The number of carbonyl (C=O) groups excluding carboxylic acids is 1. The zero-order valence-electron chi connectivity index (χ0n) is 7.59. The van der Waals surface area contributed by atoms with E-state index in [1.165, 1.54) is 12.1 Å². The summed E-state index contributed by atoms with van der Waals surface area (Å²) >= 11 is 0. The van der Waals surface area contributed by atoms with E-state index in [2.05, 4.69) is 11.9 Å². The third kappa shape index (κ3) is 1.31. The predicted octanol–water partition coefficient (Wildman–Crippen LogP) is 2.19. The fourth-order valence-electron chi connectivity index (χ4n) is 1.70. The zero-order chi connectivity index (χ0) is 10.1. The van der Waals surface area contributed by atoms with Gasteiger partial charge in [-0.15, -0.1) is 6.58 Å². The quantitative estimate of drug-likeness (QED) is 0.713. The molecule has 1 amide bonds. The summed E-state index contributed by atoms with van der Waals surface area (Å²) in [6.45, 7) is 3.61. The van der Waals surface area contributed by atoms with Crippen molar-refractivity contribution in [2.24, 2.45) is 0 Å². The molecule has 0 radical (unpaired) electrons. The summed E-state index contributed by atoms with van der Waals surface area (Å²) in [6, 6.07) is 4.25. The number of nitrogens with one attached hydrogen (secondary N) is 1. The smallest absolute Gasteiger partial charge is 0.252 e. The molecule has 0 fully saturated rings.